The standard InChI is InChI=1S/C14H18O7S/c1-7-5-10(21-4)8(2)9(3)13(7)22(19,20)11(14(17)18)6-12(15)16/h5,11H,6H2,1-4H3,(H,15,16)(H,17,18)/t11-/m0/s1. The summed E-state index contributed by atoms with van der Waals surface area (Å²) in [6, 6.07) is 1.49. The SMILES string of the molecule is COc1cc(C)c(S(=O)(=O)[C@@H](CC(=O)O)C(=O)O)c(C)c1C. The monoisotopic (exact) mass is 330 g/mol. The van der Waals surface area contributed by atoms with Gasteiger partial charge >= 0.3 is 11.9 Å². The Kier molecular flexibility index (Phi) is 5.18. The van der Waals surface area contributed by atoms with Crippen molar-refractivity contribution in [3.05, 3.63) is 22.8 Å². The molecule has 0 aromatic heterocycles. The maximum atomic E-state index is 12.6. The first-order valence-electron chi connectivity index (χ1n) is 6.37. The highest BCUT2D eigenvalue weighted by Gasteiger charge is 2.38. The fraction of sp³-hybridized carbons (Fsp3) is 0.429. The largest absolute Gasteiger partial charge is 0.496 e. The van der Waals surface area contributed by atoms with Gasteiger partial charge < -0.3 is 14.9 Å². The first kappa shape index (κ1) is 18.0. The Morgan fingerprint density at radius 1 is 1.18 bits per heavy atom. The molecule has 1 rings (SSSR count). The number of aryl methyl sites for hydroxylation is 1. The highest BCUT2D eigenvalue weighted by molar-refractivity contribution is 7.93. The van der Waals surface area contributed by atoms with Crippen LogP contribution in [0.25, 0.3) is 0 Å². The lowest BCUT2D eigenvalue weighted by atomic mass is 10.1. The van der Waals surface area contributed by atoms with E-state index in [1.54, 1.807) is 6.92 Å². The maximum absolute atomic E-state index is 12.6. The van der Waals surface area contributed by atoms with Crippen molar-refractivity contribution in [2.24, 2.45) is 0 Å². The normalized spacial score (nSPS) is 12.7. The molecule has 122 valence electrons. The van der Waals surface area contributed by atoms with Gasteiger partial charge in [-0.3, -0.25) is 9.59 Å². The molecule has 0 saturated carbocycles. The van der Waals surface area contributed by atoms with Gasteiger partial charge in [-0.1, -0.05) is 0 Å². The van der Waals surface area contributed by atoms with E-state index in [4.69, 9.17) is 14.9 Å². The Hall–Kier alpha value is -2.09. The molecule has 0 amide bonds. The second-order valence-electron chi connectivity index (χ2n) is 4.94. The molecule has 2 N–H and O–H groups in total. The van der Waals surface area contributed by atoms with Crippen LogP contribution < -0.4 is 4.74 Å². The molecular weight excluding hydrogens is 312 g/mol. The predicted octanol–water partition coefficient (Wildman–Crippen LogP) is 1.32. The number of methoxy groups -OCH3 is 1. The zero-order valence-electron chi connectivity index (χ0n) is 12.7. The van der Waals surface area contributed by atoms with E-state index >= 15 is 0 Å². The van der Waals surface area contributed by atoms with Crippen molar-refractivity contribution in [3.8, 4) is 5.75 Å². The summed E-state index contributed by atoms with van der Waals surface area (Å²) >= 11 is 0. The molecule has 0 unspecified atom stereocenters. The van der Waals surface area contributed by atoms with Gasteiger partial charge in [0.15, 0.2) is 15.1 Å². The third-order valence-corrected chi connectivity index (χ3v) is 5.81. The molecular formula is C14H18O7S. The molecule has 1 atom stereocenters. The number of sulfone groups is 1. The maximum Gasteiger partial charge on any atom is 0.322 e. The van der Waals surface area contributed by atoms with Gasteiger partial charge in [-0.2, -0.15) is 0 Å². The highest BCUT2D eigenvalue weighted by Crippen LogP contribution is 2.33. The molecule has 22 heavy (non-hydrogen) atoms. The summed E-state index contributed by atoms with van der Waals surface area (Å²) in [6.07, 6.45) is -0.998. The summed E-state index contributed by atoms with van der Waals surface area (Å²) in [6.45, 7) is 4.71. The Bertz CT molecular complexity index is 719. The smallest absolute Gasteiger partial charge is 0.322 e. The van der Waals surface area contributed by atoms with Gasteiger partial charge in [-0.25, -0.2) is 8.42 Å². The number of hydrogen-bond donors (Lipinski definition) is 2. The fourth-order valence-corrected chi connectivity index (χ4v) is 4.30. The van der Waals surface area contributed by atoms with Gasteiger partial charge in [-0.15, -0.1) is 0 Å². The van der Waals surface area contributed by atoms with E-state index in [-0.39, 0.29) is 4.90 Å². The van der Waals surface area contributed by atoms with Crippen LogP contribution in [-0.4, -0.2) is 42.9 Å². The first-order valence-corrected chi connectivity index (χ1v) is 7.92. The van der Waals surface area contributed by atoms with Gasteiger partial charge in [0.2, 0.25) is 0 Å². The Labute approximate surface area is 128 Å². The molecule has 0 aliphatic rings. The second-order valence-corrected chi connectivity index (χ2v) is 7.01. The number of carboxylic acids is 2. The number of carboxylic acid groups (broad SMARTS) is 2. The Morgan fingerprint density at radius 2 is 1.73 bits per heavy atom. The lowest BCUT2D eigenvalue weighted by molar-refractivity contribution is -0.143. The molecule has 0 aliphatic heterocycles. The van der Waals surface area contributed by atoms with Crippen molar-refractivity contribution in [1.29, 1.82) is 0 Å². The van der Waals surface area contributed by atoms with Crippen LogP contribution in [0.3, 0.4) is 0 Å². The second kappa shape index (κ2) is 6.35. The van der Waals surface area contributed by atoms with Crippen molar-refractivity contribution in [1.82, 2.24) is 0 Å². The van der Waals surface area contributed by atoms with Crippen molar-refractivity contribution in [2.45, 2.75) is 37.3 Å². The minimum absolute atomic E-state index is 0.153. The van der Waals surface area contributed by atoms with Gasteiger partial charge in [0, 0.05) is 0 Å². The molecule has 1 aromatic rings. The molecule has 0 radical (unpaired) electrons. The molecule has 0 bridgehead atoms. The molecule has 8 heteroatoms. The van der Waals surface area contributed by atoms with Gasteiger partial charge in [0.05, 0.1) is 18.4 Å². The Balaban J connectivity index is 3.61. The van der Waals surface area contributed by atoms with E-state index in [0.717, 1.165) is 0 Å². The van der Waals surface area contributed by atoms with Crippen LogP contribution in [0.4, 0.5) is 0 Å². The van der Waals surface area contributed by atoms with E-state index < -0.39 is 33.4 Å². The minimum atomic E-state index is -4.34. The van der Waals surface area contributed by atoms with E-state index in [0.29, 0.717) is 22.4 Å². The zero-order chi connectivity index (χ0) is 17.2. The van der Waals surface area contributed by atoms with Crippen LogP contribution in [0, 0.1) is 20.8 Å². The van der Waals surface area contributed by atoms with Crippen LogP contribution >= 0.6 is 0 Å². The molecule has 0 aliphatic carbocycles. The number of hydrogen-bond acceptors (Lipinski definition) is 5. The summed E-state index contributed by atoms with van der Waals surface area (Å²) in [7, 11) is -2.90. The molecule has 0 heterocycles. The van der Waals surface area contributed by atoms with Gasteiger partial charge in [0.1, 0.15) is 5.75 Å². The predicted molar refractivity (Wildman–Crippen MR) is 78.1 cm³/mol. The van der Waals surface area contributed by atoms with E-state index in [2.05, 4.69) is 0 Å². The van der Waals surface area contributed by atoms with Crippen molar-refractivity contribution < 1.29 is 33.0 Å². The Morgan fingerprint density at radius 3 is 2.14 bits per heavy atom. The van der Waals surface area contributed by atoms with Crippen molar-refractivity contribution in [3.63, 3.8) is 0 Å². The van der Waals surface area contributed by atoms with E-state index in [9.17, 15) is 18.0 Å². The van der Waals surface area contributed by atoms with Crippen LogP contribution in [0.2, 0.25) is 0 Å². The number of benzene rings is 1. The average molecular weight is 330 g/mol. The van der Waals surface area contributed by atoms with Crippen LogP contribution in [-0.2, 0) is 19.4 Å². The number of carbonyl (C=O) groups is 2. The quantitative estimate of drug-likeness (QED) is 0.807. The van der Waals surface area contributed by atoms with E-state index in [1.807, 2.05) is 0 Å². The fourth-order valence-electron chi connectivity index (χ4n) is 2.30. The first-order chi connectivity index (χ1) is 10.0. The molecule has 0 fully saturated rings. The van der Waals surface area contributed by atoms with Crippen LogP contribution in [0.1, 0.15) is 23.1 Å². The molecule has 1 aromatic carbocycles. The van der Waals surface area contributed by atoms with Crippen LogP contribution in [0.5, 0.6) is 5.75 Å². The lowest BCUT2D eigenvalue weighted by Gasteiger charge is -2.19. The topological polar surface area (TPSA) is 118 Å². The summed E-state index contributed by atoms with van der Waals surface area (Å²) in [5, 5.41) is 15.8. The molecule has 0 saturated heterocycles. The third kappa shape index (κ3) is 3.22. The third-order valence-electron chi connectivity index (χ3n) is 3.49. The summed E-state index contributed by atoms with van der Waals surface area (Å²) < 4.78 is 30.4. The summed E-state index contributed by atoms with van der Waals surface area (Å²) in [5.41, 5.74) is 1.23. The number of ether oxygens (including phenoxy) is 1. The number of rotatable bonds is 6. The van der Waals surface area contributed by atoms with Gasteiger partial charge in [-0.05, 0) is 43.5 Å². The molecule has 7 nitrogen and oxygen atoms in total. The highest BCUT2D eigenvalue weighted by atomic mass is 32.2. The summed E-state index contributed by atoms with van der Waals surface area (Å²) in [4.78, 5) is 21.8. The summed E-state index contributed by atoms with van der Waals surface area (Å²) in [5.74, 6) is -2.69. The van der Waals surface area contributed by atoms with Gasteiger partial charge in [0.25, 0.3) is 0 Å². The van der Waals surface area contributed by atoms with Crippen molar-refractivity contribution >= 4 is 21.8 Å². The number of aliphatic carboxylic acids is 2. The zero-order valence-corrected chi connectivity index (χ0v) is 13.5. The average Bonchev–Trinajstić information content (AvgIpc) is 2.39. The molecule has 0 spiro atoms. The van der Waals surface area contributed by atoms with Crippen molar-refractivity contribution in [2.75, 3.05) is 7.11 Å². The van der Waals surface area contributed by atoms with Crippen LogP contribution in [0.15, 0.2) is 11.0 Å². The minimum Gasteiger partial charge on any atom is -0.496 e. The van der Waals surface area contributed by atoms with E-state index in [1.165, 1.54) is 27.0 Å². The lowest BCUT2D eigenvalue weighted by Crippen LogP contribution is -2.33.